The third-order valence-electron chi connectivity index (χ3n) is 16.5. The van der Waals surface area contributed by atoms with E-state index in [9.17, 15) is 28.4 Å². The average molecular weight is 1450 g/mol. The van der Waals surface area contributed by atoms with Crippen molar-refractivity contribution in [2.24, 2.45) is 0 Å². The molecule has 0 atom stereocenters. The number of phosphoric acid groups is 3. The first-order chi connectivity index (χ1) is 42.4. The van der Waals surface area contributed by atoms with E-state index in [1.807, 2.05) is 0 Å². The van der Waals surface area contributed by atoms with Gasteiger partial charge in [-0.1, -0.05) is 388 Å². The van der Waals surface area contributed by atoms with Crippen LogP contribution in [0.2, 0.25) is 0 Å². The Morgan fingerprint density at radius 3 is 0.341 bits per heavy atom. The fourth-order valence-corrected chi connectivity index (χ4v) is 13.0. The van der Waals surface area contributed by atoms with Gasteiger partial charge in [-0.3, -0.25) is 13.7 Å². The van der Waals surface area contributed by atoms with Crippen molar-refractivity contribution in [2.45, 2.75) is 427 Å². The van der Waals surface area contributed by atoms with Gasteiger partial charge in [0.1, 0.15) is 0 Å². The molecule has 529 valence electrons. The molecule has 0 spiro atoms. The maximum absolute atomic E-state index is 11.7. The van der Waals surface area contributed by atoms with Crippen LogP contribution in [-0.4, -0.2) is 39.6 Å². The Morgan fingerprint density at radius 2 is 0.250 bits per heavy atom. The Kier molecular flexibility index (Phi) is 88.6. The quantitative estimate of drug-likeness (QED) is 0.0417. The summed E-state index contributed by atoms with van der Waals surface area (Å²) in [6.07, 6.45) is 73.5. The topological polar surface area (TPSA) is 176 Å². The van der Waals surface area contributed by atoms with Crippen molar-refractivity contribution in [1.29, 1.82) is 0 Å². The molecule has 0 aromatic heterocycles. The van der Waals surface area contributed by atoms with E-state index in [1.54, 1.807) is 0 Å². The Morgan fingerprint density at radius 1 is 0.170 bits per heavy atom. The van der Waals surface area contributed by atoms with Gasteiger partial charge in [0.25, 0.3) is 23.5 Å². The number of unbranched alkanes of at least 4 members (excludes halogenated alkanes) is 54. The first-order valence-electron chi connectivity index (χ1n) is 38.2. The molecule has 16 heteroatoms. The van der Waals surface area contributed by atoms with Gasteiger partial charge in [0.15, 0.2) is 0 Å². The number of hydrogen-bond acceptors (Lipinski definition) is 12. The SMILES string of the molecule is CCCCCCCCCCCCOP(=O)([O-])OCCCCCCCCCCCC.CCCCCCCCCCCCOP(=O)([O-])OCCCCCCCCCCCC.CCCCCCCCCCCCOP(=O)([O-])OCCCCCCCCCCCC.[Nd+3]. The molecule has 0 aliphatic heterocycles. The minimum Gasteiger partial charge on any atom is -0.756 e. The summed E-state index contributed by atoms with van der Waals surface area (Å²) in [7, 11) is -12.3. The molecule has 0 rings (SSSR count). The summed E-state index contributed by atoms with van der Waals surface area (Å²) in [5.74, 6) is 0. The molecule has 0 unspecified atom stereocenters. The van der Waals surface area contributed by atoms with Gasteiger partial charge >= 0.3 is 40.8 Å². The van der Waals surface area contributed by atoms with Crippen LogP contribution in [0.3, 0.4) is 0 Å². The predicted molar refractivity (Wildman–Crippen MR) is 370 cm³/mol. The smallest absolute Gasteiger partial charge is 0.756 e. The Balaban J connectivity index is -0.000000598. The Labute approximate surface area is 581 Å². The summed E-state index contributed by atoms with van der Waals surface area (Å²) < 4.78 is 65.0. The van der Waals surface area contributed by atoms with Gasteiger partial charge in [0, 0.05) is 0 Å². The second-order valence-corrected chi connectivity index (χ2v) is 29.7. The van der Waals surface area contributed by atoms with Crippen molar-refractivity contribution in [3.8, 4) is 0 Å². The van der Waals surface area contributed by atoms with Crippen molar-refractivity contribution >= 4 is 23.5 Å². The van der Waals surface area contributed by atoms with E-state index in [4.69, 9.17) is 27.1 Å². The van der Waals surface area contributed by atoms with E-state index in [0.29, 0.717) is 0 Å². The van der Waals surface area contributed by atoms with Crippen LogP contribution in [-0.2, 0) is 40.8 Å². The monoisotopic (exact) mass is 1440 g/mol. The van der Waals surface area contributed by atoms with Crippen LogP contribution >= 0.6 is 23.5 Å². The largest absolute Gasteiger partial charge is 3.00 e. The molecule has 0 aliphatic rings. The molecule has 0 aliphatic carbocycles. The van der Waals surface area contributed by atoms with E-state index in [2.05, 4.69) is 41.5 Å². The number of phosphoric ester groups is 3. The van der Waals surface area contributed by atoms with Crippen LogP contribution in [0.25, 0.3) is 0 Å². The fourth-order valence-electron chi connectivity index (χ4n) is 10.7. The van der Waals surface area contributed by atoms with Crippen LogP contribution in [0.15, 0.2) is 0 Å². The van der Waals surface area contributed by atoms with Crippen molar-refractivity contribution in [2.75, 3.05) is 39.6 Å². The van der Waals surface area contributed by atoms with Gasteiger partial charge in [-0.15, -0.1) is 0 Å². The summed E-state index contributed by atoms with van der Waals surface area (Å²) in [6, 6.07) is 0. The third kappa shape index (κ3) is 89.7. The predicted octanol–water partition coefficient (Wildman–Crippen LogP) is 25.0. The van der Waals surface area contributed by atoms with Gasteiger partial charge in [-0.2, -0.15) is 0 Å². The van der Waals surface area contributed by atoms with Crippen LogP contribution in [0.4, 0.5) is 0 Å². The maximum atomic E-state index is 11.7. The second kappa shape index (κ2) is 81.1. The molecule has 0 amide bonds. The van der Waals surface area contributed by atoms with Crippen molar-refractivity contribution < 1.29 is 96.4 Å². The molecule has 0 aromatic carbocycles. The first-order valence-corrected chi connectivity index (χ1v) is 42.5. The van der Waals surface area contributed by atoms with Crippen LogP contribution in [0.1, 0.15) is 427 Å². The van der Waals surface area contributed by atoms with Crippen molar-refractivity contribution in [1.82, 2.24) is 0 Å². The van der Waals surface area contributed by atoms with Gasteiger partial charge in [-0.05, 0) is 38.5 Å². The molecule has 0 heterocycles. The third-order valence-corrected chi connectivity index (χ3v) is 19.5. The number of hydrogen-bond donors (Lipinski definition) is 0. The van der Waals surface area contributed by atoms with Crippen molar-refractivity contribution in [3.63, 3.8) is 0 Å². The first kappa shape index (κ1) is 96.1. The van der Waals surface area contributed by atoms with E-state index in [1.165, 1.54) is 308 Å². The second-order valence-electron chi connectivity index (χ2n) is 25.4. The minimum absolute atomic E-state index is 0. The molecule has 0 bridgehead atoms. The average Bonchev–Trinajstić information content (AvgIpc) is 3.50. The van der Waals surface area contributed by atoms with Gasteiger partial charge in [0.05, 0.1) is 39.6 Å². The molecule has 0 aromatic rings. The summed E-state index contributed by atoms with van der Waals surface area (Å²) >= 11 is 0. The molecule has 1 radical (unpaired) electrons. The Bertz CT molecular complexity index is 1170. The van der Waals surface area contributed by atoms with E-state index in [0.717, 1.165) is 77.0 Å². The zero-order chi connectivity index (χ0) is 64.4. The summed E-state index contributed by atoms with van der Waals surface area (Å²) in [5, 5.41) is 0. The van der Waals surface area contributed by atoms with Gasteiger partial charge < -0.3 is 41.8 Å². The van der Waals surface area contributed by atoms with Crippen LogP contribution < -0.4 is 14.7 Å². The standard InChI is InChI=1S/3C24H51O4P.Nd/c3*1-3-5-7-9-11-13-15-17-19-21-23-27-29(25,26)28-24-22-20-18-16-14-12-10-8-6-4-2;/h3*3-24H2,1-2H3,(H,25,26);/q;;;+3/p-3. The van der Waals surface area contributed by atoms with Crippen LogP contribution in [0, 0.1) is 40.8 Å². The van der Waals surface area contributed by atoms with E-state index in [-0.39, 0.29) is 80.5 Å². The Hall–Kier alpha value is 1.68. The zero-order valence-corrected chi connectivity index (χ0v) is 65.3. The normalized spacial score (nSPS) is 11.8. The minimum atomic E-state index is -4.10. The molecule has 0 N–H and O–H groups in total. The summed E-state index contributed by atoms with van der Waals surface area (Å²) in [5.41, 5.74) is 0. The van der Waals surface area contributed by atoms with E-state index >= 15 is 0 Å². The molecular formula is C72H150NdO12P3. The van der Waals surface area contributed by atoms with Crippen molar-refractivity contribution in [3.05, 3.63) is 0 Å². The summed E-state index contributed by atoms with van der Waals surface area (Å²) in [4.78, 5) is 35.2. The number of rotatable bonds is 72. The molecule has 88 heavy (non-hydrogen) atoms. The molecule has 0 fully saturated rings. The fraction of sp³-hybridized carbons (Fsp3) is 1.00. The summed E-state index contributed by atoms with van der Waals surface area (Å²) in [6.45, 7) is 15.0. The molecule has 0 saturated heterocycles. The van der Waals surface area contributed by atoms with Gasteiger partial charge in [-0.25, -0.2) is 0 Å². The van der Waals surface area contributed by atoms with E-state index < -0.39 is 23.5 Å². The molecular weight excluding hydrogens is 1290 g/mol. The zero-order valence-electron chi connectivity index (χ0n) is 59.4. The molecule has 0 saturated carbocycles. The molecule has 12 nitrogen and oxygen atoms in total. The van der Waals surface area contributed by atoms with Crippen LogP contribution in [0.5, 0.6) is 0 Å². The maximum Gasteiger partial charge on any atom is 3.00 e. The van der Waals surface area contributed by atoms with Gasteiger partial charge in [0.2, 0.25) is 0 Å².